The van der Waals surface area contributed by atoms with Crippen LogP contribution in [0, 0.1) is 11.3 Å². The fourth-order valence-corrected chi connectivity index (χ4v) is 3.20. The van der Waals surface area contributed by atoms with E-state index in [1.807, 2.05) is 48.4 Å². The molecule has 2 N–H and O–H groups in total. The average Bonchev–Trinajstić information content (AvgIpc) is 3.15. The van der Waals surface area contributed by atoms with Crippen LogP contribution in [0.4, 0.5) is 4.79 Å². The first-order valence-electron chi connectivity index (χ1n) is 8.81. The van der Waals surface area contributed by atoms with Crippen molar-refractivity contribution < 1.29 is 9.59 Å². The van der Waals surface area contributed by atoms with Crippen molar-refractivity contribution in [3.05, 3.63) is 57.8 Å². The van der Waals surface area contributed by atoms with Gasteiger partial charge in [0.05, 0.1) is 18.2 Å². The van der Waals surface area contributed by atoms with Gasteiger partial charge in [0.15, 0.2) is 0 Å². The molecule has 0 saturated carbocycles. The maximum atomic E-state index is 12.2. The van der Waals surface area contributed by atoms with Gasteiger partial charge >= 0.3 is 6.03 Å². The number of thiophene rings is 1. The normalized spacial score (nSPS) is 10.6. The van der Waals surface area contributed by atoms with Gasteiger partial charge in [-0.2, -0.15) is 5.26 Å². The first kappa shape index (κ1) is 20.6. The second kappa shape index (κ2) is 10.5. The zero-order valence-corrected chi connectivity index (χ0v) is 16.4. The van der Waals surface area contributed by atoms with Crippen molar-refractivity contribution in [1.82, 2.24) is 15.5 Å². The third-order valence-electron chi connectivity index (χ3n) is 4.04. The van der Waals surface area contributed by atoms with E-state index in [-0.39, 0.29) is 18.5 Å². The SMILES string of the molecule is CC(C)N(CC(=O)NC(=O)NCCc1cccs1)Cc1ccc(C#N)cc1. The lowest BCUT2D eigenvalue weighted by Crippen LogP contribution is -2.46. The Kier molecular flexibility index (Phi) is 7.99. The second-order valence-corrected chi connectivity index (χ2v) is 7.47. The zero-order chi connectivity index (χ0) is 19.6. The molecule has 0 saturated heterocycles. The fraction of sp³-hybridized carbons (Fsp3) is 0.350. The predicted molar refractivity (Wildman–Crippen MR) is 106 cm³/mol. The highest BCUT2D eigenvalue weighted by atomic mass is 32.1. The predicted octanol–water partition coefficient (Wildman–Crippen LogP) is 2.90. The van der Waals surface area contributed by atoms with Crippen LogP contribution in [0.2, 0.25) is 0 Å². The second-order valence-electron chi connectivity index (χ2n) is 6.44. The molecule has 0 unspecified atom stereocenters. The summed E-state index contributed by atoms with van der Waals surface area (Å²) in [5, 5.41) is 15.9. The molecule has 27 heavy (non-hydrogen) atoms. The molecule has 7 heteroatoms. The van der Waals surface area contributed by atoms with E-state index in [0.717, 1.165) is 12.0 Å². The number of benzene rings is 1. The smallest absolute Gasteiger partial charge is 0.321 e. The Morgan fingerprint density at radius 2 is 1.96 bits per heavy atom. The van der Waals surface area contributed by atoms with E-state index in [0.29, 0.717) is 18.7 Å². The Bertz CT molecular complexity index is 779. The third kappa shape index (κ3) is 7.21. The summed E-state index contributed by atoms with van der Waals surface area (Å²) in [4.78, 5) is 27.2. The molecule has 0 aliphatic rings. The van der Waals surface area contributed by atoms with Crippen LogP contribution in [0.5, 0.6) is 0 Å². The first-order chi connectivity index (χ1) is 13.0. The highest BCUT2D eigenvalue weighted by molar-refractivity contribution is 7.09. The zero-order valence-electron chi connectivity index (χ0n) is 15.6. The van der Waals surface area contributed by atoms with E-state index in [2.05, 4.69) is 16.7 Å². The third-order valence-corrected chi connectivity index (χ3v) is 4.97. The molecule has 6 nitrogen and oxygen atoms in total. The van der Waals surface area contributed by atoms with Gasteiger partial charge in [0.25, 0.3) is 0 Å². The van der Waals surface area contributed by atoms with Crippen LogP contribution in [-0.2, 0) is 17.8 Å². The molecule has 0 fully saturated rings. The molecule has 0 spiro atoms. The minimum atomic E-state index is -0.473. The molecule has 2 rings (SSSR count). The van der Waals surface area contributed by atoms with Crippen molar-refractivity contribution in [3.8, 4) is 6.07 Å². The number of urea groups is 1. The van der Waals surface area contributed by atoms with Crippen LogP contribution in [0.1, 0.15) is 29.9 Å². The Hall–Kier alpha value is -2.69. The van der Waals surface area contributed by atoms with Gasteiger partial charge < -0.3 is 5.32 Å². The molecule has 0 bridgehead atoms. The van der Waals surface area contributed by atoms with Crippen molar-refractivity contribution in [2.24, 2.45) is 0 Å². The molecule has 0 aliphatic carbocycles. The Morgan fingerprint density at radius 3 is 2.56 bits per heavy atom. The van der Waals surface area contributed by atoms with Crippen molar-refractivity contribution in [2.45, 2.75) is 32.9 Å². The summed E-state index contributed by atoms with van der Waals surface area (Å²) in [7, 11) is 0. The van der Waals surface area contributed by atoms with E-state index >= 15 is 0 Å². The Labute approximate surface area is 163 Å². The van der Waals surface area contributed by atoms with E-state index in [1.54, 1.807) is 23.5 Å². The summed E-state index contributed by atoms with van der Waals surface area (Å²) in [5.74, 6) is -0.342. The minimum Gasteiger partial charge on any atom is -0.337 e. The number of rotatable bonds is 8. The monoisotopic (exact) mass is 384 g/mol. The van der Waals surface area contributed by atoms with Crippen molar-refractivity contribution in [2.75, 3.05) is 13.1 Å². The molecule has 0 aliphatic heterocycles. The summed E-state index contributed by atoms with van der Waals surface area (Å²) in [6, 6.07) is 13.0. The maximum absolute atomic E-state index is 12.2. The van der Waals surface area contributed by atoms with Crippen LogP contribution in [0.3, 0.4) is 0 Å². The maximum Gasteiger partial charge on any atom is 0.321 e. The number of carbonyl (C=O) groups is 2. The topological polar surface area (TPSA) is 85.2 Å². The number of imide groups is 1. The molecular weight excluding hydrogens is 360 g/mol. The van der Waals surface area contributed by atoms with Gasteiger partial charge in [-0.15, -0.1) is 11.3 Å². The van der Waals surface area contributed by atoms with Gasteiger partial charge in [-0.05, 0) is 49.4 Å². The van der Waals surface area contributed by atoms with Crippen LogP contribution in [-0.4, -0.2) is 36.0 Å². The minimum absolute atomic E-state index is 0.121. The van der Waals surface area contributed by atoms with Crippen LogP contribution >= 0.6 is 11.3 Å². The Balaban J connectivity index is 1.79. The summed E-state index contributed by atoms with van der Waals surface area (Å²) in [6.45, 7) is 5.17. The van der Waals surface area contributed by atoms with E-state index in [4.69, 9.17) is 5.26 Å². The van der Waals surface area contributed by atoms with Crippen LogP contribution < -0.4 is 10.6 Å². The van der Waals surface area contributed by atoms with Gasteiger partial charge in [0.2, 0.25) is 5.91 Å². The average molecular weight is 385 g/mol. The molecule has 0 radical (unpaired) electrons. The van der Waals surface area contributed by atoms with Crippen molar-refractivity contribution in [1.29, 1.82) is 5.26 Å². The molecule has 1 aromatic heterocycles. The Morgan fingerprint density at radius 1 is 1.22 bits per heavy atom. The number of nitrogens with zero attached hydrogens (tertiary/aromatic N) is 2. The number of hydrogen-bond donors (Lipinski definition) is 2. The lowest BCUT2D eigenvalue weighted by molar-refractivity contribution is -0.121. The van der Waals surface area contributed by atoms with E-state index in [1.165, 1.54) is 4.88 Å². The lowest BCUT2D eigenvalue weighted by atomic mass is 10.1. The molecule has 142 valence electrons. The quantitative estimate of drug-likeness (QED) is 0.733. The molecule has 3 amide bonds. The number of nitrogens with one attached hydrogen (secondary N) is 2. The molecule has 0 atom stereocenters. The van der Waals surface area contributed by atoms with Gasteiger partial charge in [-0.25, -0.2) is 4.79 Å². The highest BCUT2D eigenvalue weighted by Crippen LogP contribution is 2.10. The van der Waals surface area contributed by atoms with Gasteiger partial charge in [-0.3, -0.25) is 15.0 Å². The molecular formula is C20H24N4O2S. The van der Waals surface area contributed by atoms with Gasteiger partial charge in [0, 0.05) is 24.0 Å². The summed E-state index contributed by atoms with van der Waals surface area (Å²) in [6.07, 6.45) is 0.746. The number of amides is 3. The highest BCUT2D eigenvalue weighted by Gasteiger charge is 2.16. The summed E-state index contributed by atoms with van der Waals surface area (Å²) >= 11 is 1.64. The number of hydrogen-bond acceptors (Lipinski definition) is 5. The molecule has 2 aromatic rings. The number of nitriles is 1. The van der Waals surface area contributed by atoms with Gasteiger partial charge in [0.1, 0.15) is 0 Å². The summed E-state index contributed by atoms with van der Waals surface area (Å²) in [5.41, 5.74) is 1.61. The van der Waals surface area contributed by atoms with Crippen LogP contribution in [0.15, 0.2) is 41.8 Å². The standard InChI is InChI=1S/C20H24N4O2S/c1-15(2)24(13-17-7-5-16(12-21)6-8-17)14-19(25)23-20(26)22-10-9-18-4-3-11-27-18/h3-8,11,15H,9-10,13-14H2,1-2H3,(H2,22,23,25,26). The molecule has 1 heterocycles. The van der Waals surface area contributed by atoms with Crippen LogP contribution in [0.25, 0.3) is 0 Å². The number of carbonyl (C=O) groups excluding carboxylic acids is 2. The van der Waals surface area contributed by atoms with Crippen molar-refractivity contribution >= 4 is 23.3 Å². The largest absolute Gasteiger partial charge is 0.337 e. The van der Waals surface area contributed by atoms with E-state index in [9.17, 15) is 9.59 Å². The van der Waals surface area contributed by atoms with Gasteiger partial charge in [-0.1, -0.05) is 18.2 Å². The lowest BCUT2D eigenvalue weighted by Gasteiger charge is -2.25. The fourth-order valence-electron chi connectivity index (χ4n) is 2.49. The van der Waals surface area contributed by atoms with E-state index < -0.39 is 6.03 Å². The first-order valence-corrected chi connectivity index (χ1v) is 9.69. The van der Waals surface area contributed by atoms with Crippen molar-refractivity contribution in [3.63, 3.8) is 0 Å². The molecule has 1 aromatic carbocycles. The summed E-state index contributed by atoms with van der Waals surface area (Å²) < 4.78 is 0.